The van der Waals surface area contributed by atoms with Gasteiger partial charge in [0.25, 0.3) is 0 Å². The Morgan fingerprint density at radius 1 is 1.50 bits per heavy atom. The van der Waals surface area contributed by atoms with Crippen molar-refractivity contribution >= 4 is 0 Å². The van der Waals surface area contributed by atoms with Crippen LogP contribution in [0.4, 0.5) is 0 Å². The number of likely N-dealkylation sites (N-methyl/N-ethyl adjacent to an activating group) is 1. The van der Waals surface area contributed by atoms with Gasteiger partial charge >= 0.3 is 0 Å². The van der Waals surface area contributed by atoms with Gasteiger partial charge in [0.05, 0.1) is 0 Å². The van der Waals surface area contributed by atoms with E-state index in [0.717, 1.165) is 12.0 Å². The monoisotopic (exact) mass is 140 g/mol. The van der Waals surface area contributed by atoms with E-state index in [0.29, 0.717) is 0 Å². The number of likely N-dealkylation sites (tertiary alicyclic amines) is 1. The van der Waals surface area contributed by atoms with Crippen molar-refractivity contribution in [2.24, 2.45) is 5.92 Å². The summed E-state index contributed by atoms with van der Waals surface area (Å²) < 4.78 is 0. The molecule has 10 heavy (non-hydrogen) atoms. The molecule has 1 N–H and O–H groups in total. The van der Waals surface area contributed by atoms with E-state index in [1.165, 1.54) is 32.6 Å². The molecule has 0 aromatic heterocycles. The minimum Gasteiger partial charge on any atom is -0.315 e. The van der Waals surface area contributed by atoms with E-state index in [-0.39, 0.29) is 0 Å². The number of nitrogens with zero attached hydrogens (tertiary/aromatic N) is 1. The van der Waals surface area contributed by atoms with Crippen LogP contribution < -0.4 is 5.32 Å². The number of rotatable bonds is 1. The largest absolute Gasteiger partial charge is 0.315 e. The van der Waals surface area contributed by atoms with E-state index in [4.69, 9.17) is 0 Å². The lowest BCUT2D eigenvalue weighted by Crippen LogP contribution is -2.33. The first-order chi connectivity index (χ1) is 4.92. The molecule has 0 unspecified atom stereocenters. The standard InChI is InChI=1S/C8H16N2/c1-2-10-4-3-7-5-9-6-8(7)10/h7-9H,2-6H2,1H3/t7-,8+/m0/s1. The van der Waals surface area contributed by atoms with Gasteiger partial charge in [-0.2, -0.15) is 0 Å². The Balaban J connectivity index is 2.01. The van der Waals surface area contributed by atoms with Crippen molar-refractivity contribution in [3.05, 3.63) is 0 Å². The molecule has 2 heteroatoms. The molecular weight excluding hydrogens is 124 g/mol. The zero-order chi connectivity index (χ0) is 6.97. The number of hydrogen-bond acceptors (Lipinski definition) is 2. The first kappa shape index (κ1) is 6.62. The van der Waals surface area contributed by atoms with E-state index in [1.807, 2.05) is 0 Å². The Morgan fingerprint density at radius 2 is 2.40 bits per heavy atom. The Bertz CT molecular complexity index is 124. The van der Waals surface area contributed by atoms with Crippen molar-refractivity contribution in [1.82, 2.24) is 10.2 Å². The highest BCUT2D eigenvalue weighted by Crippen LogP contribution is 2.26. The van der Waals surface area contributed by atoms with Crippen LogP contribution in [-0.4, -0.2) is 37.1 Å². The first-order valence-electron chi connectivity index (χ1n) is 4.36. The van der Waals surface area contributed by atoms with E-state index in [9.17, 15) is 0 Å². The minimum atomic E-state index is 0.880. The molecule has 0 bridgehead atoms. The van der Waals surface area contributed by atoms with Crippen LogP contribution in [0, 0.1) is 5.92 Å². The van der Waals surface area contributed by atoms with Gasteiger partial charge < -0.3 is 5.32 Å². The molecule has 58 valence electrons. The Labute approximate surface area is 62.6 Å². The van der Waals surface area contributed by atoms with E-state index < -0.39 is 0 Å². The fourth-order valence-corrected chi connectivity index (χ4v) is 2.33. The average Bonchev–Trinajstić information content (AvgIpc) is 2.44. The van der Waals surface area contributed by atoms with Gasteiger partial charge in [0.1, 0.15) is 0 Å². The van der Waals surface area contributed by atoms with Crippen LogP contribution in [0.3, 0.4) is 0 Å². The van der Waals surface area contributed by atoms with Crippen LogP contribution in [0.5, 0.6) is 0 Å². The molecule has 0 amide bonds. The molecule has 0 aromatic rings. The molecule has 2 fully saturated rings. The topological polar surface area (TPSA) is 15.3 Å². The van der Waals surface area contributed by atoms with Crippen molar-refractivity contribution in [3.8, 4) is 0 Å². The minimum absolute atomic E-state index is 0.880. The van der Waals surface area contributed by atoms with Gasteiger partial charge in [0, 0.05) is 12.6 Å². The molecular formula is C8H16N2. The normalized spacial score (nSPS) is 40.5. The molecule has 2 aliphatic heterocycles. The molecule has 2 aliphatic rings. The Morgan fingerprint density at radius 3 is 3.20 bits per heavy atom. The lowest BCUT2D eigenvalue weighted by molar-refractivity contribution is 0.266. The second-order valence-corrected chi connectivity index (χ2v) is 3.40. The van der Waals surface area contributed by atoms with Gasteiger partial charge in [0.2, 0.25) is 0 Å². The van der Waals surface area contributed by atoms with Crippen molar-refractivity contribution < 1.29 is 0 Å². The molecule has 0 spiro atoms. The fourth-order valence-electron chi connectivity index (χ4n) is 2.33. The third-order valence-electron chi connectivity index (χ3n) is 2.97. The highest BCUT2D eigenvalue weighted by atomic mass is 15.2. The SMILES string of the molecule is CCN1CC[C@H]2CNC[C@H]21. The van der Waals surface area contributed by atoms with Crippen molar-refractivity contribution in [2.75, 3.05) is 26.2 Å². The fraction of sp³-hybridized carbons (Fsp3) is 1.00. The quantitative estimate of drug-likeness (QED) is 0.563. The van der Waals surface area contributed by atoms with Gasteiger partial charge in [-0.05, 0) is 32.0 Å². The molecule has 2 rings (SSSR count). The lowest BCUT2D eigenvalue weighted by atomic mass is 10.1. The molecule has 2 nitrogen and oxygen atoms in total. The molecule has 0 saturated carbocycles. The number of hydrogen-bond donors (Lipinski definition) is 1. The average molecular weight is 140 g/mol. The van der Waals surface area contributed by atoms with Crippen LogP contribution in [0.25, 0.3) is 0 Å². The summed E-state index contributed by atoms with van der Waals surface area (Å²) in [6.07, 6.45) is 1.42. The summed E-state index contributed by atoms with van der Waals surface area (Å²) in [5.74, 6) is 0.972. The Hall–Kier alpha value is -0.0800. The summed E-state index contributed by atoms with van der Waals surface area (Å²) in [6, 6.07) is 0.880. The summed E-state index contributed by atoms with van der Waals surface area (Å²) in [6.45, 7) is 7.34. The van der Waals surface area contributed by atoms with Crippen LogP contribution in [0.15, 0.2) is 0 Å². The van der Waals surface area contributed by atoms with Crippen molar-refractivity contribution in [2.45, 2.75) is 19.4 Å². The summed E-state index contributed by atoms with van der Waals surface area (Å²) in [4.78, 5) is 2.60. The summed E-state index contributed by atoms with van der Waals surface area (Å²) in [5, 5.41) is 3.45. The second-order valence-electron chi connectivity index (χ2n) is 3.40. The van der Waals surface area contributed by atoms with Gasteiger partial charge in [-0.1, -0.05) is 6.92 Å². The second kappa shape index (κ2) is 2.51. The maximum atomic E-state index is 3.45. The van der Waals surface area contributed by atoms with Gasteiger partial charge in [-0.3, -0.25) is 4.90 Å². The predicted octanol–water partition coefficient (Wildman–Crippen LogP) is 0.300. The smallest absolute Gasteiger partial charge is 0.0261 e. The van der Waals surface area contributed by atoms with Crippen LogP contribution in [-0.2, 0) is 0 Å². The zero-order valence-corrected chi connectivity index (χ0v) is 6.64. The predicted molar refractivity (Wildman–Crippen MR) is 42.0 cm³/mol. The summed E-state index contributed by atoms with van der Waals surface area (Å²) >= 11 is 0. The van der Waals surface area contributed by atoms with E-state index in [2.05, 4.69) is 17.1 Å². The molecule has 2 saturated heterocycles. The summed E-state index contributed by atoms with van der Waals surface area (Å²) in [7, 11) is 0. The first-order valence-corrected chi connectivity index (χ1v) is 4.36. The van der Waals surface area contributed by atoms with E-state index >= 15 is 0 Å². The molecule has 2 heterocycles. The highest BCUT2D eigenvalue weighted by Gasteiger charge is 2.36. The van der Waals surface area contributed by atoms with Gasteiger partial charge in [-0.25, -0.2) is 0 Å². The zero-order valence-electron chi connectivity index (χ0n) is 6.64. The van der Waals surface area contributed by atoms with Crippen molar-refractivity contribution in [3.63, 3.8) is 0 Å². The maximum absolute atomic E-state index is 3.45. The summed E-state index contributed by atoms with van der Waals surface area (Å²) in [5.41, 5.74) is 0. The highest BCUT2D eigenvalue weighted by molar-refractivity contribution is 4.93. The van der Waals surface area contributed by atoms with Gasteiger partial charge in [0.15, 0.2) is 0 Å². The van der Waals surface area contributed by atoms with Crippen molar-refractivity contribution in [1.29, 1.82) is 0 Å². The molecule has 0 aromatic carbocycles. The molecule has 2 atom stereocenters. The maximum Gasteiger partial charge on any atom is 0.0261 e. The number of nitrogens with one attached hydrogen (secondary N) is 1. The lowest BCUT2D eigenvalue weighted by Gasteiger charge is -2.20. The van der Waals surface area contributed by atoms with Crippen LogP contribution in [0.1, 0.15) is 13.3 Å². The van der Waals surface area contributed by atoms with Crippen LogP contribution >= 0.6 is 0 Å². The Kier molecular flexibility index (Phi) is 1.66. The van der Waals surface area contributed by atoms with Crippen LogP contribution in [0.2, 0.25) is 0 Å². The molecule has 0 aliphatic carbocycles. The number of fused-ring (bicyclic) bond motifs is 1. The molecule has 0 radical (unpaired) electrons. The van der Waals surface area contributed by atoms with E-state index in [1.54, 1.807) is 0 Å². The third-order valence-corrected chi connectivity index (χ3v) is 2.97. The third kappa shape index (κ3) is 0.867. The van der Waals surface area contributed by atoms with Gasteiger partial charge in [-0.15, -0.1) is 0 Å².